The fraction of sp³-hybridized carbons (Fsp3) is 0.267. The summed E-state index contributed by atoms with van der Waals surface area (Å²) in [6.45, 7) is 0. The van der Waals surface area contributed by atoms with E-state index in [0.717, 1.165) is 42.5 Å². The monoisotopic (exact) mass is 336 g/mol. The molecule has 1 aliphatic carbocycles. The van der Waals surface area contributed by atoms with E-state index < -0.39 is 0 Å². The van der Waals surface area contributed by atoms with E-state index >= 15 is 0 Å². The molecular formula is C15H14Cl2N4O. The van der Waals surface area contributed by atoms with Gasteiger partial charge in [0.1, 0.15) is 0 Å². The van der Waals surface area contributed by atoms with Crippen LogP contribution in [-0.2, 0) is 12.8 Å². The second-order valence-corrected chi connectivity index (χ2v) is 5.92. The van der Waals surface area contributed by atoms with Crippen LogP contribution in [0.3, 0.4) is 0 Å². The largest absolute Gasteiger partial charge is 0.292 e. The summed E-state index contributed by atoms with van der Waals surface area (Å²) in [6, 6.07) is 5.12. The van der Waals surface area contributed by atoms with Gasteiger partial charge in [-0.3, -0.25) is 9.89 Å². The second kappa shape index (κ2) is 6.50. The molecule has 1 aromatic carbocycles. The molecule has 0 fully saturated rings. The summed E-state index contributed by atoms with van der Waals surface area (Å²) in [4.78, 5) is 12.1. The molecule has 5 nitrogen and oxygen atoms in total. The van der Waals surface area contributed by atoms with Gasteiger partial charge in [0.2, 0.25) is 0 Å². The van der Waals surface area contributed by atoms with Crippen LogP contribution >= 0.6 is 23.2 Å². The van der Waals surface area contributed by atoms with Crippen molar-refractivity contribution in [3.05, 3.63) is 50.8 Å². The number of aryl methyl sites for hydroxylation is 1. The van der Waals surface area contributed by atoms with Crippen LogP contribution in [0, 0.1) is 0 Å². The van der Waals surface area contributed by atoms with E-state index in [9.17, 15) is 4.79 Å². The third-order valence-corrected chi connectivity index (χ3v) is 4.33. The molecule has 7 heteroatoms. The number of benzene rings is 1. The Morgan fingerprint density at radius 3 is 2.91 bits per heavy atom. The molecule has 1 aromatic heterocycles. The second-order valence-electron chi connectivity index (χ2n) is 5.11. The third-order valence-electron chi connectivity index (χ3n) is 3.59. The summed E-state index contributed by atoms with van der Waals surface area (Å²) in [5.74, 6) is -0.310. The number of hydrazone groups is 1. The predicted molar refractivity (Wildman–Crippen MR) is 86.8 cm³/mol. The summed E-state index contributed by atoms with van der Waals surface area (Å²) >= 11 is 11.8. The number of halogens is 2. The first-order valence-electron chi connectivity index (χ1n) is 6.99. The zero-order valence-corrected chi connectivity index (χ0v) is 13.2. The Kier molecular flexibility index (Phi) is 4.45. The van der Waals surface area contributed by atoms with Gasteiger partial charge in [-0.1, -0.05) is 29.3 Å². The first-order chi connectivity index (χ1) is 10.6. The standard InChI is InChI=1S/C15H14Cl2N4O/c16-11-6-5-9(7-12(11)17)8-18-21-15(22)14-10-3-1-2-4-13(10)19-20-14/h5-8H,1-4H2,(H,19,20)(H,21,22)/b18-8-. The van der Waals surface area contributed by atoms with Crippen molar-refractivity contribution in [1.29, 1.82) is 0 Å². The first kappa shape index (κ1) is 15.1. The predicted octanol–water partition coefficient (Wildman–Crippen LogP) is 3.36. The molecule has 2 aromatic rings. The lowest BCUT2D eigenvalue weighted by Crippen LogP contribution is -2.20. The number of nitrogens with one attached hydrogen (secondary N) is 2. The number of carbonyl (C=O) groups excluding carboxylic acids is 1. The van der Waals surface area contributed by atoms with Crippen molar-refractivity contribution in [3.8, 4) is 0 Å². The molecule has 0 aliphatic heterocycles. The normalized spacial score (nSPS) is 14.1. The Morgan fingerprint density at radius 1 is 1.27 bits per heavy atom. The van der Waals surface area contributed by atoms with Crippen LogP contribution in [0.4, 0.5) is 0 Å². The highest BCUT2D eigenvalue weighted by molar-refractivity contribution is 6.42. The zero-order valence-electron chi connectivity index (χ0n) is 11.7. The molecule has 0 spiro atoms. The zero-order chi connectivity index (χ0) is 15.5. The highest BCUT2D eigenvalue weighted by Crippen LogP contribution is 2.22. The Bertz CT molecular complexity index is 739. The molecule has 114 valence electrons. The summed E-state index contributed by atoms with van der Waals surface area (Å²) in [5.41, 5.74) is 5.74. The van der Waals surface area contributed by atoms with E-state index in [-0.39, 0.29) is 5.91 Å². The minimum Gasteiger partial charge on any atom is -0.281 e. The molecule has 0 atom stereocenters. The van der Waals surface area contributed by atoms with Crippen molar-refractivity contribution in [2.24, 2.45) is 5.10 Å². The van der Waals surface area contributed by atoms with Crippen molar-refractivity contribution in [2.45, 2.75) is 25.7 Å². The van der Waals surface area contributed by atoms with Crippen molar-refractivity contribution in [2.75, 3.05) is 0 Å². The van der Waals surface area contributed by atoms with Crippen LogP contribution in [0.1, 0.15) is 40.2 Å². The molecule has 22 heavy (non-hydrogen) atoms. The number of nitrogens with zero attached hydrogens (tertiary/aromatic N) is 2. The van der Waals surface area contributed by atoms with Gasteiger partial charge in [-0.2, -0.15) is 10.2 Å². The van der Waals surface area contributed by atoms with Crippen molar-refractivity contribution in [3.63, 3.8) is 0 Å². The number of aromatic amines is 1. The molecule has 2 N–H and O–H groups in total. The number of aromatic nitrogens is 2. The Morgan fingerprint density at radius 2 is 2.09 bits per heavy atom. The Balaban J connectivity index is 1.68. The maximum absolute atomic E-state index is 12.1. The van der Waals surface area contributed by atoms with Gasteiger partial charge in [0.25, 0.3) is 5.91 Å². The molecule has 0 saturated heterocycles. The maximum atomic E-state index is 12.1. The van der Waals surface area contributed by atoms with Crippen LogP contribution in [-0.4, -0.2) is 22.3 Å². The quantitative estimate of drug-likeness (QED) is 0.666. The number of hydrogen-bond acceptors (Lipinski definition) is 3. The number of H-pyrrole nitrogens is 1. The van der Waals surface area contributed by atoms with Gasteiger partial charge in [-0.15, -0.1) is 0 Å². The number of rotatable bonds is 3. The lowest BCUT2D eigenvalue weighted by atomic mass is 9.96. The molecule has 0 saturated carbocycles. The highest BCUT2D eigenvalue weighted by Gasteiger charge is 2.21. The SMILES string of the molecule is O=C(N/N=C\c1ccc(Cl)c(Cl)c1)c1n[nH]c2c1CCCC2. The maximum Gasteiger partial charge on any atom is 0.292 e. The average Bonchev–Trinajstić information content (AvgIpc) is 2.95. The van der Waals surface area contributed by atoms with Crippen LogP contribution in [0.15, 0.2) is 23.3 Å². The molecule has 1 aliphatic rings. The van der Waals surface area contributed by atoms with Gasteiger partial charge in [0.15, 0.2) is 5.69 Å². The van der Waals surface area contributed by atoms with Gasteiger partial charge >= 0.3 is 0 Å². The summed E-state index contributed by atoms with van der Waals surface area (Å²) < 4.78 is 0. The summed E-state index contributed by atoms with van der Waals surface area (Å²) in [7, 11) is 0. The topological polar surface area (TPSA) is 70.1 Å². The van der Waals surface area contributed by atoms with Gasteiger partial charge in [0, 0.05) is 11.3 Å². The van der Waals surface area contributed by atoms with E-state index in [0.29, 0.717) is 15.7 Å². The highest BCUT2D eigenvalue weighted by atomic mass is 35.5. The Labute approximate surface area is 137 Å². The van der Waals surface area contributed by atoms with Crippen molar-refractivity contribution < 1.29 is 4.79 Å². The molecule has 1 amide bonds. The fourth-order valence-electron chi connectivity index (χ4n) is 2.48. The van der Waals surface area contributed by atoms with E-state index in [1.807, 2.05) is 0 Å². The summed E-state index contributed by atoms with van der Waals surface area (Å²) in [6.07, 6.45) is 5.55. The third kappa shape index (κ3) is 3.15. The molecule has 0 radical (unpaired) electrons. The van der Waals surface area contributed by atoms with E-state index in [2.05, 4.69) is 20.7 Å². The summed E-state index contributed by atoms with van der Waals surface area (Å²) in [5, 5.41) is 11.9. The fourth-order valence-corrected chi connectivity index (χ4v) is 2.79. The minimum absolute atomic E-state index is 0.310. The van der Waals surface area contributed by atoms with Crippen LogP contribution in [0.5, 0.6) is 0 Å². The van der Waals surface area contributed by atoms with E-state index in [1.54, 1.807) is 18.2 Å². The van der Waals surface area contributed by atoms with E-state index in [1.165, 1.54) is 6.21 Å². The van der Waals surface area contributed by atoms with Crippen LogP contribution in [0.25, 0.3) is 0 Å². The molecule has 0 unspecified atom stereocenters. The smallest absolute Gasteiger partial charge is 0.281 e. The molecular weight excluding hydrogens is 323 g/mol. The molecule has 3 rings (SSSR count). The number of amides is 1. The van der Waals surface area contributed by atoms with Crippen LogP contribution < -0.4 is 5.43 Å². The lowest BCUT2D eigenvalue weighted by molar-refractivity contribution is 0.0949. The average molecular weight is 337 g/mol. The molecule has 0 bridgehead atoms. The van der Waals surface area contributed by atoms with Gasteiger partial charge in [-0.05, 0) is 43.4 Å². The Hall–Kier alpha value is -1.85. The first-order valence-corrected chi connectivity index (χ1v) is 7.75. The van der Waals surface area contributed by atoms with E-state index in [4.69, 9.17) is 23.2 Å². The van der Waals surface area contributed by atoms with Gasteiger partial charge < -0.3 is 0 Å². The lowest BCUT2D eigenvalue weighted by Gasteiger charge is -2.10. The number of hydrogen-bond donors (Lipinski definition) is 2. The number of fused-ring (bicyclic) bond motifs is 1. The number of carbonyl (C=O) groups is 1. The van der Waals surface area contributed by atoms with Crippen molar-refractivity contribution in [1.82, 2.24) is 15.6 Å². The van der Waals surface area contributed by atoms with Gasteiger partial charge in [0.05, 0.1) is 16.3 Å². The minimum atomic E-state index is -0.310. The molecule has 1 heterocycles. The van der Waals surface area contributed by atoms with Crippen LogP contribution in [0.2, 0.25) is 10.0 Å². The van der Waals surface area contributed by atoms with Gasteiger partial charge in [-0.25, -0.2) is 5.43 Å². The van der Waals surface area contributed by atoms with Crippen molar-refractivity contribution >= 4 is 35.3 Å².